The summed E-state index contributed by atoms with van der Waals surface area (Å²) in [5, 5.41) is 4.16. The molecule has 0 aromatic carbocycles. The van der Waals surface area contributed by atoms with E-state index in [1.807, 2.05) is 4.90 Å². The number of esters is 1. The largest absolute Gasteiger partial charge is 0.465 e. The molecule has 0 bridgehead atoms. The average Bonchev–Trinajstić information content (AvgIpc) is 3.24. The molecule has 1 fully saturated rings. The number of hydrogen-bond acceptors (Lipinski definition) is 7. The molecular weight excluding hydrogens is 413 g/mol. The Bertz CT molecular complexity index is 868. The molecule has 27 heavy (non-hydrogen) atoms. The number of amides is 1. The number of methoxy groups -OCH3 is 1. The number of rotatable bonds is 4. The van der Waals surface area contributed by atoms with Gasteiger partial charge in [-0.1, -0.05) is 34.5 Å². The maximum atomic E-state index is 12.5. The fourth-order valence-electron chi connectivity index (χ4n) is 2.91. The molecule has 0 saturated carbocycles. The number of anilines is 1. The zero-order chi connectivity index (χ0) is 19.7. The molecule has 2 aromatic rings. The van der Waals surface area contributed by atoms with E-state index in [9.17, 15) is 9.59 Å². The van der Waals surface area contributed by atoms with Crippen LogP contribution in [0.1, 0.15) is 32.3 Å². The molecule has 0 unspecified atom stereocenters. The molecule has 2 atom stereocenters. The van der Waals surface area contributed by atoms with Crippen LogP contribution in [0.4, 0.5) is 5.13 Å². The van der Waals surface area contributed by atoms with E-state index in [4.69, 9.17) is 33.7 Å². The summed E-state index contributed by atoms with van der Waals surface area (Å²) >= 11 is 13.4. The molecule has 1 aliphatic rings. The lowest BCUT2D eigenvalue weighted by molar-refractivity contribution is 0.0606. The highest BCUT2D eigenvalue weighted by atomic mass is 35.5. The third-order valence-electron chi connectivity index (χ3n) is 4.41. The Hall–Kier alpha value is -1.81. The summed E-state index contributed by atoms with van der Waals surface area (Å²) in [6, 6.07) is -0.522. The summed E-state index contributed by atoms with van der Waals surface area (Å²) in [6.07, 6.45) is 2.12. The van der Waals surface area contributed by atoms with E-state index >= 15 is 0 Å². The van der Waals surface area contributed by atoms with Crippen molar-refractivity contribution in [1.82, 2.24) is 15.3 Å². The molecule has 146 valence electrons. The van der Waals surface area contributed by atoms with Crippen LogP contribution in [0.15, 0.2) is 6.20 Å². The number of carbonyl (C=O) groups is 2. The fourth-order valence-corrected chi connectivity index (χ4v) is 4.20. The van der Waals surface area contributed by atoms with Gasteiger partial charge in [-0.2, -0.15) is 0 Å². The number of H-pyrrole nitrogens is 1. The Labute approximate surface area is 170 Å². The highest BCUT2D eigenvalue weighted by molar-refractivity contribution is 7.17. The van der Waals surface area contributed by atoms with Crippen molar-refractivity contribution in [2.75, 3.05) is 25.1 Å². The van der Waals surface area contributed by atoms with Gasteiger partial charge in [-0.3, -0.25) is 4.79 Å². The van der Waals surface area contributed by atoms with Crippen molar-refractivity contribution < 1.29 is 14.3 Å². The van der Waals surface area contributed by atoms with Crippen molar-refractivity contribution in [3.8, 4) is 0 Å². The zero-order valence-electron chi connectivity index (χ0n) is 14.7. The van der Waals surface area contributed by atoms with Crippen LogP contribution in [-0.4, -0.2) is 54.1 Å². The number of hydrogen-bond donors (Lipinski definition) is 3. The molecule has 11 heteroatoms. The minimum absolute atomic E-state index is 0.204. The molecular formula is C16H19Cl2N5O3S. The molecule has 2 aromatic heterocycles. The Morgan fingerprint density at radius 2 is 2.19 bits per heavy atom. The molecule has 1 aliphatic heterocycles. The van der Waals surface area contributed by atoms with Crippen LogP contribution in [0.2, 0.25) is 10.0 Å². The quantitative estimate of drug-likeness (QED) is 0.639. The Balaban J connectivity index is 1.63. The first-order valence-electron chi connectivity index (χ1n) is 8.21. The first-order valence-corrected chi connectivity index (χ1v) is 9.78. The van der Waals surface area contributed by atoms with Crippen LogP contribution < -0.4 is 16.0 Å². The number of nitrogens with one attached hydrogen (secondary N) is 2. The van der Waals surface area contributed by atoms with Gasteiger partial charge in [-0.15, -0.1) is 0 Å². The second-order valence-corrected chi connectivity index (χ2v) is 8.00. The predicted octanol–water partition coefficient (Wildman–Crippen LogP) is 2.21. The lowest BCUT2D eigenvalue weighted by atomic mass is 10.0. The highest BCUT2D eigenvalue weighted by Gasteiger charge is 2.31. The van der Waals surface area contributed by atoms with Crippen LogP contribution in [0, 0.1) is 6.92 Å². The maximum Gasteiger partial charge on any atom is 0.349 e. The predicted molar refractivity (Wildman–Crippen MR) is 105 cm³/mol. The SMILES string of the molecule is COC(=O)c1cnc(N2CC[C@H](NC(=O)c3[nH]c(C)c(Cl)c3Cl)[C@H](N)C2)s1. The molecule has 0 aliphatic carbocycles. The van der Waals surface area contributed by atoms with E-state index in [-0.39, 0.29) is 28.7 Å². The molecule has 3 heterocycles. The molecule has 1 saturated heterocycles. The molecule has 8 nitrogen and oxygen atoms in total. The Morgan fingerprint density at radius 1 is 1.44 bits per heavy atom. The molecule has 1 amide bonds. The number of nitrogens with zero attached hydrogens (tertiary/aromatic N) is 2. The number of ether oxygens (including phenoxy) is 1. The van der Waals surface area contributed by atoms with Gasteiger partial charge in [0.25, 0.3) is 5.91 Å². The molecule has 3 rings (SSSR count). The van der Waals surface area contributed by atoms with Crippen LogP contribution in [-0.2, 0) is 4.74 Å². The second kappa shape index (κ2) is 8.05. The topological polar surface area (TPSA) is 113 Å². The monoisotopic (exact) mass is 431 g/mol. The summed E-state index contributed by atoms with van der Waals surface area (Å²) in [4.78, 5) is 33.6. The number of aryl methyl sites for hydroxylation is 1. The average molecular weight is 432 g/mol. The van der Waals surface area contributed by atoms with Crippen molar-refractivity contribution >= 4 is 51.5 Å². The first-order chi connectivity index (χ1) is 12.8. The second-order valence-electron chi connectivity index (χ2n) is 6.23. The minimum Gasteiger partial charge on any atom is -0.465 e. The van der Waals surface area contributed by atoms with Crippen molar-refractivity contribution in [1.29, 1.82) is 0 Å². The molecule has 0 spiro atoms. The lowest BCUT2D eigenvalue weighted by Crippen LogP contribution is -2.58. The smallest absolute Gasteiger partial charge is 0.349 e. The van der Waals surface area contributed by atoms with E-state index < -0.39 is 5.97 Å². The first kappa shape index (κ1) is 19.9. The highest BCUT2D eigenvalue weighted by Crippen LogP contribution is 2.29. The van der Waals surface area contributed by atoms with Crippen molar-refractivity contribution in [2.24, 2.45) is 5.73 Å². The van der Waals surface area contributed by atoms with Crippen LogP contribution >= 0.6 is 34.5 Å². The third-order valence-corrected chi connectivity index (χ3v) is 6.39. The normalized spacial score (nSPS) is 19.8. The van der Waals surface area contributed by atoms with Crippen molar-refractivity contribution in [3.05, 3.63) is 32.5 Å². The number of aromatic nitrogens is 2. The van der Waals surface area contributed by atoms with E-state index in [0.717, 1.165) is 0 Å². The van der Waals surface area contributed by atoms with Crippen LogP contribution in [0.25, 0.3) is 0 Å². The standard InChI is InChI=1S/C16H19Cl2N5O3S/c1-7-11(17)12(18)13(21-7)14(24)22-9-3-4-23(6-8(9)19)16-20-5-10(27-16)15(25)26-2/h5,8-9,21H,3-4,6,19H2,1-2H3,(H,22,24)/t8-,9+/m1/s1. The van der Waals surface area contributed by atoms with Crippen LogP contribution in [0.3, 0.4) is 0 Å². The van der Waals surface area contributed by atoms with Crippen LogP contribution in [0.5, 0.6) is 0 Å². The minimum atomic E-state index is -0.415. The lowest BCUT2D eigenvalue weighted by Gasteiger charge is -2.36. The van der Waals surface area contributed by atoms with Gasteiger partial charge in [0.2, 0.25) is 0 Å². The van der Waals surface area contributed by atoms with E-state index in [2.05, 4.69) is 15.3 Å². The van der Waals surface area contributed by atoms with Gasteiger partial charge >= 0.3 is 5.97 Å². The van der Waals surface area contributed by atoms with Crippen molar-refractivity contribution in [3.63, 3.8) is 0 Å². The Morgan fingerprint density at radius 3 is 2.78 bits per heavy atom. The van der Waals surface area contributed by atoms with Gasteiger partial charge in [0, 0.05) is 30.9 Å². The van der Waals surface area contributed by atoms with Gasteiger partial charge in [-0.25, -0.2) is 9.78 Å². The van der Waals surface area contributed by atoms with Gasteiger partial charge in [-0.05, 0) is 13.3 Å². The molecule has 4 N–H and O–H groups in total. The summed E-state index contributed by atoms with van der Waals surface area (Å²) in [5.41, 5.74) is 7.13. The number of piperidine rings is 1. The van der Waals surface area contributed by atoms with Gasteiger partial charge in [0.15, 0.2) is 5.13 Å². The number of carbonyl (C=O) groups excluding carboxylic acids is 2. The number of halogens is 2. The van der Waals surface area contributed by atoms with E-state index in [0.29, 0.717) is 40.2 Å². The van der Waals surface area contributed by atoms with E-state index in [1.54, 1.807) is 6.92 Å². The zero-order valence-corrected chi connectivity index (χ0v) is 17.0. The number of aromatic amines is 1. The van der Waals surface area contributed by atoms with Gasteiger partial charge in [0.1, 0.15) is 10.6 Å². The summed E-state index contributed by atoms with van der Waals surface area (Å²) in [5.74, 6) is -0.756. The van der Waals surface area contributed by atoms with E-state index in [1.165, 1.54) is 24.6 Å². The van der Waals surface area contributed by atoms with Gasteiger partial charge < -0.3 is 25.7 Å². The van der Waals surface area contributed by atoms with Gasteiger partial charge in [0.05, 0.1) is 23.4 Å². The fraction of sp³-hybridized carbons (Fsp3) is 0.438. The molecule has 0 radical (unpaired) electrons. The van der Waals surface area contributed by atoms with Crippen molar-refractivity contribution in [2.45, 2.75) is 25.4 Å². The number of nitrogens with two attached hydrogens (primary N) is 1. The number of thiazole rings is 1. The maximum absolute atomic E-state index is 12.5. The summed E-state index contributed by atoms with van der Waals surface area (Å²) in [6.45, 7) is 2.88. The Kier molecular flexibility index (Phi) is 5.95. The summed E-state index contributed by atoms with van der Waals surface area (Å²) < 4.78 is 4.70. The third kappa shape index (κ3) is 4.06. The summed E-state index contributed by atoms with van der Waals surface area (Å²) in [7, 11) is 1.33.